The second kappa shape index (κ2) is 7.19. The molecule has 0 amide bonds. The number of rotatable bonds is 6. The summed E-state index contributed by atoms with van der Waals surface area (Å²) in [6.07, 6.45) is 0.383. The fourth-order valence-electron chi connectivity index (χ4n) is 2.57. The molecule has 2 aromatic carbocycles. The zero-order valence-electron chi connectivity index (χ0n) is 14.4. The molecule has 0 spiro atoms. The second-order valence-corrected chi connectivity index (χ2v) is 5.61. The van der Waals surface area contributed by atoms with Crippen molar-refractivity contribution in [3.8, 4) is 17.1 Å². The lowest BCUT2D eigenvalue weighted by atomic mass is 10.2. The van der Waals surface area contributed by atoms with Crippen LogP contribution in [0.1, 0.15) is 12.7 Å². The maximum Gasteiger partial charge on any atom is 0.301 e. The Bertz CT molecular complexity index is 1090. The molecule has 28 heavy (non-hydrogen) atoms. The number of benzene rings is 2. The van der Waals surface area contributed by atoms with E-state index in [1.165, 1.54) is 35.0 Å². The van der Waals surface area contributed by atoms with Crippen LogP contribution in [0.2, 0.25) is 0 Å². The van der Waals surface area contributed by atoms with Gasteiger partial charge in [-0.3, -0.25) is 30.3 Å². The molecule has 0 aliphatic carbocycles. The summed E-state index contributed by atoms with van der Waals surface area (Å²) in [5, 5.41) is 37.4. The Labute approximate surface area is 156 Å². The van der Waals surface area contributed by atoms with Crippen LogP contribution < -0.4 is 0 Å². The van der Waals surface area contributed by atoms with Gasteiger partial charge >= 0.3 is 5.69 Å². The summed E-state index contributed by atoms with van der Waals surface area (Å²) >= 11 is 0. The first-order valence-electron chi connectivity index (χ1n) is 7.95. The van der Waals surface area contributed by atoms with Gasteiger partial charge in [0.2, 0.25) is 0 Å². The molecule has 0 saturated carbocycles. The Kier molecular flexibility index (Phi) is 4.76. The van der Waals surface area contributed by atoms with Crippen molar-refractivity contribution in [2.75, 3.05) is 0 Å². The highest BCUT2D eigenvalue weighted by Gasteiger charge is 2.24. The topological polar surface area (TPSA) is 160 Å². The van der Waals surface area contributed by atoms with Crippen LogP contribution in [0.4, 0.5) is 17.1 Å². The van der Waals surface area contributed by atoms with Crippen LogP contribution in [-0.2, 0) is 6.42 Å². The number of nitro groups is 3. The van der Waals surface area contributed by atoms with Crippen molar-refractivity contribution in [2.45, 2.75) is 13.3 Å². The van der Waals surface area contributed by atoms with Gasteiger partial charge < -0.3 is 0 Å². The van der Waals surface area contributed by atoms with Crippen molar-refractivity contribution < 1.29 is 14.8 Å². The maximum atomic E-state index is 11.4. The molecule has 0 aliphatic rings. The van der Waals surface area contributed by atoms with Crippen LogP contribution >= 0.6 is 0 Å². The summed E-state index contributed by atoms with van der Waals surface area (Å²) in [5.41, 5.74) is -0.463. The van der Waals surface area contributed by atoms with Crippen LogP contribution in [0.25, 0.3) is 17.1 Å². The van der Waals surface area contributed by atoms with Crippen LogP contribution in [-0.4, -0.2) is 29.5 Å². The summed E-state index contributed by atoms with van der Waals surface area (Å²) in [6.45, 7) is 1.78. The van der Waals surface area contributed by atoms with Gasteiger partial charge in [0, 0.05) is 30.2 Å². The van der Waals surface area contributed by atoms with Gasteiger partial charge in [0.1, 0.15) is 11.5 Å². The maximum absolute atomic E-state index is 11.4. The molecule has 0 N–H and O–H groups in total. The lowest BCUT2D eigenvalue weighted by Crippen LogP contribution is -2.06. The number of hydrogen-bond donors (Lipinski definition) is 0. The highest BCUT2D eigenvalue weighted by Crippen LogP contribution is 2.29. The van der Waals surface area contributed by atoms with E-state index in [1.807, 2.05) is 0 Å². The molecule has 12 heteroatoms. The molecule has 12 nitrogen and oxygen atoms in total. The smallest absolute Gasteiger partial charge is 0.258 e. The van der Waals surface area contributed by atoms with Crippen molar-refractivity contribution in [3.05, 3.63) is 78.6 Å². The van der Waals surface area contributed by atoms with Gasteiger partial charge in [-0.25, -0.2) is 9.67 Å². The molecule has 1 aromatic heterocycles. The highest BCUT2D eigenvalue weighted by molar-refractivity contribution is 5.61. The van der Waals surface area contributed by atoms with Crippen LogP contribution in [0.5, 0.6) is 0 Å². The van der Waals surface area contributed by atoms with Crippen molar-refractivity contribution >= 4 is 17.1 Å². The summed E-state index contributed by atoms with van der Waals surface area (Å²) in [5.74, 6) is 0.615. The average molecular weight is 384 g/mol. The minimum absolute atomic E-state index is 0.0353. The molecule has 142 valence electrons. The number of hydrogen-bond acceptors (Lipinski definition) is 8. The normalized spacial score (nSPS) is 10.6. The van der Waals surface area contributed by atoms with E-state index in [1.54, 1.807) is 6.92 Å². The molecular formula is C16H12N6O6. The standard InChI is InChI=1S/C16H12N6O6/c1-2-15-17-16(10-3-5-11(6-4-10)20(23)24)18-19(15)13-8-7-12(21(25)26)9-14(13)22(27)28/h3-9H,2H2,1H3. The third kappa shape index (κ3) is 3.38. The predicted octanol–water partition coefficient (Wildman–Crippen LogP) is 3.22. The van der Waals surface area contributed by atoms with Crippen LogP contribution in [0, 0.1) is 30.3 Å². The molecule has 0 bridgehead atoms. The highest BCUT2D eigenvalue weighted by atomic mass is 16.6. The zero-order valence-corrected chi connectivity index (χ0v) is 14.4. The first-order valence-corrected chi connectivity index (χ1v) is 7.95. The molecule has 0 fully saturated rings. The number of nitrogens with zero attached hydrogens (tertiary/aromatic N) is 6. The molecular weight excluding hydrogens is 372 g/mol. The van der Waals surface area contributed by atoms with E-state index in [0.717, 1.165) is 12.1 Å². The molecule has 3 rings (SSSR count). The molecule has 0 aliphatic heterocycles. The summed E-state index contributed by atoms with van der Waals surface area (Å²) in [4.78, 5) is 35.4. The van der Waals surface area contributed by atoms with E-state index in [0.29, 0.717) is 17.8 Å². The Hall–Kier alpha value is -4.22. The van der Waals surface area contributed by atoms with Crippen LogP contribution in [0.3, 0.4) is 0 Å². The summed E-state index contributed by atoms with van der Waals surface area (Å²) in [7, 11) is 0. The SMILES string of the molecule is CCc1nc(-c2ccc([N+](=O)[O-])cc2)nn1-c1ccc([N+](=O)[O-])cc1[N+](=O)[O-]. The zero-order chi connectivity index (χ0) is 20.4. The quantitative estimate of drug-likeness (QED) is 0.462. The van der Waals surface area contributed by atoms with Gasteiger partial charge in [0.05, 0.1) is 20.8 Å². The summed E-state index contributed by atoms with van der Waals surface area (Å²) in [6, 6.07) is 8.80. The minimum Gasteiger partial charge on any atom is -0.258 e. The van der Waals surface area contributed by atoms with Crippen molar-refractivity contribution in [1.82, 2.24) is 14.8 Å². The molecule has 0 unspecified atom stereocenters. The first kappa shape index (κ1) is 18.6. The fourth-order valence-corrected chi connectivity index (χ4v) is 2.57. The molecule has 0 radical (unpaired) electrons. The third-order valence-electron chi connectivity index (χ3n) is 3.92. The number of non-ortho nitro benzene ring substituents is 2. The van der Waals surface area contributed by atoms with Gasteiger partial charge in [0.15, 0.2) is 5.82 Å². The molecule has 0 atom stereocenters. The van der Waals surface area contributed by atoms with Gasteiger partial charge in [0.25, 0.3) is 11.4 Å². The Morgan fingerprint density at radius 2 is 1.50 bits per heavy atom. The van der Waals surface area contributed by atoms with Gasteiger partial charge in [-0.05, 0) is 18.2 Å². The number of nitro benzene ring substituents is 3. The van der Waals surface area contributed by atoms with E-state index in [4.69, 9.17) is 0 Å². The predicted molar refractivity (Wildman–Crippen MR) is 96.1 cm³/mol. The van der Waals surface area contributed by atoms with Crippen LogP contribution in [0.15, 0.2) is 42.5 Å². The first-order chi connectivity index (χ1) is 13.3. The Morgan fingerprint density at radius 1 is 0.893 bits per heavy atom. The summed E-state index contributed by atoms with van der Waals surface area (Å²) < 4.78 is 1.25. The van der Waals surface area contributed by atoms with Gasteiger partial charge in [-0.1, -0.05) is 6.92 Å². The van der Waals surface area contributed by atoms with E-state index < -0.39 is 26.1 Å². The lowest BCUT2D eigenvalue weighted by molar-refractivity contribution is -0.394. The van der Waals surface area contributed by atoms with E-state index in [-0.39, 0.29) is 17.2 Å². The van der Waals surface area contributed by atoms with Gasteiger partial charge in [-0.15, -0.1) is 5.10 Å². The molecule has 3 aromatic rings. The Morgan fingerprint density at radius 3 is 2.04 bits per heavy atom. The largest absolute Gasteiger partial charge is 0.301 e. The Balaban J connectivity index is 2.12. The monoisotopic (exact) mass is 384 g/mol. The average Bonchev–Trinajstić information content (AvgIpc) is 3.11. The number of aromatic nitrogens is 3. The van der Waals surface area contributed by atoms with E-state index in [9.17, 15) is 30.3 Å². The van der Waals surface area contributed by atoms with Crippen molar-refractivity contribution in [1.29, 1.82) is 0 Å². The number of aryl methyl sites for hydroxylation is 1. The van der Waals surface area contributed by atoms with Gasteiger partial charge in [-0.2, -0.15) is 0 Å². The van der Waals surface area contributed by atoms with Crippen molar-refractivity contribution in [2.24, 2.45) is 0 Å². The lowest BCUT2D eigenvalue weighted by Gasteiger charge is -2.05. The van der Waals surface area contributed by atoms with E-state index >= 15 is 0 Å². The van der Waals surface area contributed by atoms with Crippen molar-refractivity contribution in [3.63, 3.8) is 0 Å². The molecule has 0 saturated heterocycles. The fraction of sp³-hybridized carbons (Fsp3) is 0.125. The molecule has 1 heterocycles. The third-order valence-corrected chi connectivity index (χ3v) is 3.92. The second-order valence-electron chi connectivity index (χ2n) is 5.61. The minimum atomic E-state index is -0.727. The van der Waals surface area contributed by atoms with E-state index in [2.05, 4.69) is 10.1 Å².